The van der Waals surface area contributed by atoms with Crippen molar-refractivity contribution in [3.05, 3.63) is 12.2 Å². The summed E-state index contributed by atoms with van der Waals surface area (Å²) < 4.78 is 9.51. The van der Waals surface area contributed by atoms with Gasteiger partial charge >= 0.3 is 18.0 Å². The predicted octanol–water partition coefficient (Wildman–Crippen LogP) is 1.14. The van der Waals surface area contributed by atoms with Crippen molar-refractivity contribution in [1.82, 2.24) is 10.6 Å². The highest BCUT2D eigenvalue weighted by atomic mass is 16.5. The van der Waals surface area contributed by atoms with Crippen LogP contribution in [0.1, 0.15) is 34.6 Å². The molecule has 0 aromatic rings. The minimum atomic E-state index is -0.673. The van der Waals surface area contributed by atoms with Crippen molar-refractivity contribution in [3.8, 4) is 0 Å². The fourth-order valence-corrected chi connectivity index (χ4v) is 1.22. The summed E-state index contributed by atoms with van der Waals surface area (Å²) in [6.07, 6.45) is 1.98. The molecule has 0 unspecified atom stereocenters. The van der Waals surface area contributed by atoms with Crippen LogP contribution < -0.4 is 10.6 Å². The van der Waals surface area contributed by atoms with Crippen LogP contribution in [0.15, 0.2) is 12.2 Å². The van der Waals surface area contributed by atoms with Crippen molar-refractivity contribution in [3.63, 3.8) is 0 Å². The lowest BCUT2D eigenvalue weighted by molar-refractivity contribution is -0.140. The van der Waals surface area contributed by atoms with E-state index in [1.165, 1.54) is 0 Å². The van der Waals surface area contributed by atoms with E-state index in [1.54, 1.807) is 13.8 Å². The topological polar surface area (TPSA) is 93.7 Å². The van der Waals surface area contributed by atoms with Crippen LogP contribution in [0.5, 0.6) is 0 Å². The molecule has 0 aromatic heterocycles. The molecule has 0 aliphatic heterocycles. The molecule has 21 heavy (non-hydrogen) atoms. The highest BCUT2D eigenvalue weighted by Crippen LogP contribution is 1.98. The molecule has 0 rings (SSSR count). The van der Waals surface area contributed by atoms with E-state index in [0.29, 0.717) is 0 Å². The standard InChI is InChI=1S/C14H24N2O5/c1-6-20-11(17)7-8-12(18)21-9-10(2)15-13(19)16-14(3,4)5/h7-8,10H,6,9H2,1-5H3,(H2,15,16,19)/b8-7+/t10-/m0/s1. The second-order valence-electron chi connectivity index (χ2n) is 5.46. The van der Waals surface area contributed by atoms with Crippen LogP contribution in [0.3, 0.4) is 0 Å². The molecule has 0 aromatic carbocycles. The Morgan fingerprint density at radius 1 is 1.10 bits per heavy atom. The number of nitrogens with one attached hydrogen (secondary N) is 2. The summed E-state index contributed by atoms with van der Waals surface area (Å²) in [5, 5.41) is 5.36. The second kappa shape index (κ2) is 8.99. The lowest BCUT2D eigenvalue weighted by atomic mass is 10.1. The van der Waals surface area contributed by atoms with Gasteiger partial charge in [0, 0.05) is 17.7 Å². The van der Waals surface area contributed by atoms with Gasteiger partial charge in [-0.2, -0.15) is 0 Å². The largest absolute Gasteiger partial charge is 0.463 e. The van der Waals surface area contributed by atoms with Crippen LogP contribution in [-0.2, 0) is 19.1 Å². The van der Waals surface area contributed by atoms with Gasteiger partial charge in [0.15, 0.2) is 0 Å². The SMILES string of the molecule is CCOC(=O)/C=C/C(=O)OC[C@H](C)NC(=O)NC(C)(C)C. The van der Waals surface area contributed by atoms with Gasteiger partial charge in [0.2, 0.25) is 0 Å². The van der Waals surface area contributed by atoms with Crippen LogP contribution in [-0.4, -0.2) is 42.8 Å². The predicted molar refractivity (Wildman–Crippen MR) is 77.6 cm³/mol. The summed E-state index contributed by atoms with van der Waals surface area (Å²) >= 11 is 0. The van der Waals surface area contributed by atoms with Crippen molar-refractivity contribution in [2.75, 3.05) is 13.2 Å². The molecule has 0 aliphatic carbocycles. The number of urea groups is 1. The average molecular weight is 300 g/mol. The lowest BCUT2D eigenvalue weighted by Gasteiger charge is -2.22. The van der Waals surface area contributed by atoms with E-state index in [2.05, 4.69) is 15.4 Å². The van der Waals surface area contributed by atoms with E-state index >= 15 is 0 Å². The molecule has 0 radical (unpaired) electrons. The van der Waals surface area contributed by atoms with Crippen molar-refractivity contribution < 1.29 is 23.9 Å². The second-order valence-corrected chi connectivity index (χ2v) is 5.46. The smallest absolute Gasteiger partial charge is 0.331 e. The van der Waals surface area contributed by atoms with Gasteiger partial charge in [-0.3, -0.25) is 0 Å². The normalized spacial score (nSPS) is 12.6. The minimum absolute atomic E-state index is 0.00353. The molecule has 0 aliphatic rings. The number of hydrogen-bond donors (Lipinski definition) is 2. The van der Waals surface area contributed by atoms with Crippen molar-refractivity contribution in [2.45, 2.75) is 46.2 Å². The minimum Gasteiger partial charge on any atom is -0.463 e. The van der Waals surface area contributed by atoms with Crippen molar-refractivity contribution >= 4 is 18.0 Å². The Labute approximate surface area is 125 Å². The fraction of sp³-hybridized carbons (Fsp3) is 0.643. The highest BCUT2D eigenvalue weighted by Gasteiger charge is 2.15. The zero-order chi connectivity index (χ0) is 16.5. The number of rotatable bonds is 6. The lowest BCUT2D eigenvalue weighted by Crippen LogP contribution is -2.49. The Morgan fingerprint density at radius 3 is 2.10 bits per heavy atom. The maximum Gasteiger partial charge on any atom is 0.331 e. The monoisotopic (exact) mass is 300 g/mol. The molecular weight excluding hydrogens is 276 g/mol. The molecule has 0 spiro atoms. The van der Waals surface area contributed by atoms with Crippen LogP contribution in [0.4, 0.5) is 4.79 Å². The van der Waals surface area contributed by atoms with E-state index in [4.69, 9.17) is 4.74 Å². The van der Waals surface area contributed by atoms with Crippen LogP contribution in [0.2, 0.25) is 0 Å². The van der Waals surface area contributed by atoms with Crippen molar-refractivity contribution in [2.24, 2.45) is 0 Å². The summed E-state index contributed by atoms with van der Waals surface area (Å²) in [5.41, 5.74) is -0.344. The Balaban J connectivity index is 4.02. The molecule has 7 nitrogen and oxygen atoms in total. The third-order valence-electron chi connectivity index (χ3n) is 1.98. The van der Waals surface area contributed by atoms with Gasteiger partial charge in [-0.25, -0.2) is 14.4 Å². The van der Waals surface area contributed by atoms with Gasteiger partial charge in [-0.15, -0.1) is 0 Å². The third kappa shape index (κ3) is 11.5. The first-order valence-electron chi connectivity index (χ1n) is 6.74. The molecule has 1 atom stereocenters. The van der Waals surface area contributed by atoms with E-state index in [9.17, 15) is 14.4 Å². The van der Waals surface area contributed by atoms with Gasteiger partial charge in [-0.05, 0) is 34.6 Å². The summed E-state index contributed by atoms with van der Waals surface area (Å²) in [5.74, 6) is -1.28. The number of hydrogen-bond acceptors (Lipinski definition) is 5. The van der Waals surface area contributed by atoms with Gasteiger partial charge in [0.1, 0.15) is 6.61 Å². The first-order valence-corrected chi connectivity index (χ1v) is 6.74. The number of esters is 2. The first-order chi connectivity index (χ1) is 9.64. The van der Waals surface area contributed by atoms with E-state index in [1.807, 2.05) is 20.8 Å². The Bertz CT molecular complexity index is 399. The first kappa shape index (κ1) is 18.9. The van der Waals surface area contributed by atoms with Crippen molar-refractivity contribution in [1.29, 1.82) is 0 Å². The number of carbonyl (C=O) groups is 3. The zero-order valence-electron chi connectivity index (χ0n) is 13.2. The molecule has 2 amide bonds. The average Bonchev–Trinajstić information content (AvgIpc) is 2.31. The molecular formula is C14H24N2O5. The third-order valence-corrected chi connectivity index (χ3v) is 1.98. The maximum absolute atomic E-state index is 11.6. The van der Waals surface area contributed by atoms with Gasteiger partial charge in [-0.1, -0.05) is 0 Å². The number of ether oxygens (including phenoxy) is 2. The van der Waals surface area contributed by atoms with Gasteiger partial charge in [0.05, 0.1) is 12.6 Å². The van der Waals surface area contributed by atoms with Crippen LogP contribution in [0, 0.1) is 0 Å². The molecule has 0 bridgehead atoms. The summed E-state index contributed by atoms with van der Waals surface area (Å²) in [4.78, 5) is 33.9. The molecule has 0 saturated carbocycles. The van der Waals surface area contributed by atoms with Crippen LogP contribution >= 0.6 is 0 Å². The molecule has 0 fully saturated rings. The maximum atomic E-state index is 11.6. The zero-order valence-corrected chi connectivity index (χ0v) is 13.2. The highest BCUT2D eigenvalue weighted by molar-refractivity contribution is 5.91. The Morgan fingerprint density at radius 2 is 1.62 bits per heavy atom. The molecule has 120 valence electrons. The molecule has 0 saturated heterocycles. The van der Waals surface area contributed by atoms with E-state index in [-0.39, 0.29) is 30.8 Å². The number of carbonyl (C=O) groups excluding carboxylic acids is 3. The summed E-state index contributed by atoms with van der Waals surface area (Å²) in [6.45, 7) is 9.18. The fourth-order valence-electron chi connectivity index (χ4n) is 1.22. The Kier molecular flexibility index (Phi) is 8.11. The van der Waals surface area contributed by atoms with Gasteiger partial charge < -0.3 is 20.1 Å². The number of amides is 2. The van der Waals surface area contributed by atoms with Gasteiger partial charge in [0.25, 0.3) is 0 Å². The quantitative estimate of drug-likeness (QED) is 0.566. The molecule has 7 heteroatoms. The summed E-state index contributed by atoms with van der Waals surface area (Å²) in [6, 6.07) is -0.694. The molecule has 2 N–H and O–H groups in total. The van der Waals surface area contributed by atoms with Crippen LogP contribution in [0.25, 0.3) is 0 Å². The molecule has 0 heterocycles. The Hall–Kier alpha value is -2.05. The van der Waals surface area contributed by atoms with E-state index < -0.39 is 11.9 Å². The summed E-state index contributed by atoms with van der Waals surface area (Å²) in [7, 11) is 0. The van der Waals surface area contributed by atoms with E-state index in [0.717, 1.165) is 12.2 Å².